The van der Waals surface area contributed by atoms with Gasteiger partial charge in [-0.25, -0.2) is 0 Å². The van der Waals surface area contributed by atoms with Crippen molar-refractivity contribution in [1.29, 1.82) is 0 Å². The van der Waals surface area contributed by atoms with Gasteiger partial charge >= 0.3 is 0 Å². The molecule has 0 aliphatic heterocycles. The molecule has 3 heteroatoms. The number of alkyl halides is 1. The molecule has 0 aromatic heterocycles. The Bertz CT molecular complexity index is 398. The van der Waals surface area contributed by atoms with E-state index in [9.17, 15) is 4.79 Å². The average Bonchev–Trinajstić information content (AvgIpc) is 2.29. The molecule has 0 heterocycles. The number of hydrogen-bond donors (Lipinski definition) is 1. The van der Waals surface area contributed by atoms with E-state index in [0.29, 0.717) is 5.88 Å². The molecular formula is C15H22ClNO. The van der Waals surface area contributed by atoms with E-state index in [0.717, 1.165) is 12.0 Å². The summed E-state index contributed by atoms with van der Waals surface area (Å²) in [7, 11) is 0. The van der Waals surface area contributed by atoms with Gasteiger partial charge in [-0.1, -0.05) is 30.3 Å². The molecule has 1 N–H and O–H groups in total. The number of rotatable bonds is 5. The largest absolute Gasteiger partial charge is 0.350 e. The molecule has 0 spiro atoms. The number of benzene rings is 1. The highest BCUT2D eigenvalue weighted by Crippen LogP contribution is 2.24. The molecule has 1 amide bonds. The molecule has 1 aromatic carbocycles. The molecule has 2 nitrogen and oxygen atoms in total. The third-order valence-corrected chi connectivity index (χ3v) is 3.42. The number of amides is 1. The average molecular weight is 268 g/mol. The first-order chi connectivity index (χ1) is 8.29. The van der Waals surface area contributed by atoms with Gasteiger partial charge in [-0.05, 0) is 39.7 Å². The number of nitrogens with one attached hydrogen (secondary N) is 1. The lowest BCUT2D eigenvalue weighted by Crippen LogP contribution is -2.50. The summed E-state index contributed by atoms with van der Waals surface area (Å²) in [5, 5.41) is 3.07. The van der Waals surface area contributed by atoms with Gasteiger partial charge in [0.25, 0.3) is 0 Å². The van der Waals surface area contributed by atoms with Crippen LogP contribution >= 0.6 is 11.6 Å². The van der Waals surface area contributed by atoms with Crippen LogP contribution in [0.2, 0.25) is 0 Å². The quantitative estimate of drug-likeness (QED) is 0.813. The Labute approximate surface area is 115 Å². The summed E-state index contributed by atoms with van der Waals surface area (Å²) in [5.41, 5.74) is 0.208. The molecule has 0 radical (unpaired) electrons. The highest BCUT2D eigenvalue weighted by atomic mass is 35.5. The van der Waals surface area contributed by atoms with E-state index >= 15 is 0 Å². The van der Waals surface area contributed by atoms with Gasteiger partial charge in [-0.3, -0.25) is 4.79 Å². The van der Waals surface area contributed by atoms with Gasteiger partial charge in [0.2, 0.25) is 5.91 Å². The molecule has 18 heavy (non-hydrogen) atoms. The smallest absolute Gasteiger partial charge is 0.230 e. The SMILES string of the molecule is CC(C)(CCCl)NC(=O)C(C)(C)c1ccccc1. The second kappa shape index (κ2) is 5.75. The first-order valence-corrected chi connectivity index (χ1v) is 6.77. The molecule has 0 atom stereocenters. The summed E-state index contributed by atoms with van der Waals surface area (Å²) < 4.78 is 0. The summed E-state index contributed by atoms with van der Waals surface area (Å²) in [6.45, 7) is 7.87. The normalized spacial score (nSPS) is 12.3. The van der Waals surface area contributed by atoms with Crippen LogP contribution in [0.25, 0.3) is 0 Å². The molecule has 1 rings (SSSR count). The zero-order chi connectivity index (χ0) is 13.8. The Morgan fingerprint density at radius 3 is 2.22 bits per heavy atom. The highest BCUT2D eigenvalue weighted by molar-refractivity contribution is 6.17. The van der Waals surface area contributed by atoms with E-state index in [1.807, 2.05) is 58.0 Å². The zero-order valence-corrected chi connectivity index (χ0v) is 12.3. The molecule has 0 fully saturated rings. The lowest BCUT2D eigenvalue weighted by Gasteiger charge is -2.32. The standard InChI is InChI=1S/C15H22ClNO/c1-14(2,10-11-16)17-13(18)15(3,4)12-8-6-5-7-9-12/h5-9H,10-11H2,1-4H3,(H,17,18). The maximum atomic E-state index is 12.4. The lowest BCUT2D eigenvalue weighted by atomic mass is 9.83. The van der Waals surface area contributed by atoms with Crippen molar-refractivity contribution in [2.45, 2.75) is 45.1 Å². The van der Waals surface area contributed by atoms with Crippen molar-refractivity contribution in [2.24, 2.45) is 0 Å². The van der Waals surface area contributed by atoms with E-state index in [2.05, 4.69) is 5.32 Å². The molecule has 0 saturated carbocycles. The molecule has 0 saturated heterocycles. The summed E-state index contributed by atoms with van der Waals surface area (Å²) in [4.78, 5) is 12.4. The minimum absolute atomic E-state index is 0.0313. The predicted molar refractivity (Wildman–Crippen MR) is 77.0 cm³/mol. The van der Waals surface area contributed by atoms with Gasteiger partial charge in [0.15, 0.2) is 0 Å². The molecule has 100 valence electrons. The summed E-state index contributed by atoms with van der Waals surface area (Å²) in [6.07, 6.45) is 0.755. The van der Waals surface area contributed by atoms with E-state index in [4.69, 9.17) is 11.6 Å². The third kappa shape index (κ3) is 3.74. The van der Waals surface area contributed by atoms with E-state index < -0.39 is 5.41 Å². The second-order valence-corrected chi connectivity index (χ2v) is 6.15. The number of carbonyl (C=O) groups excluding carboxylic acids is 1. The number of halogens is 1. The van der Waals surface area contributed by atoms with Gasteiger partial charge in [0, 0.05) is 11.4 Å². The fourth-order valence-corrected chi connectivity index (χ4v) is 2.22. The second-order valence-electron chi connectivity index (χ2n) is 5.77. The van der Waals surface area contributed by atoms with E-state index in [1.54, 1.807) is 0 Å². The Morgan fingerprint density at radius 2 is 1.72 bits per heavy atom. The van der Waals surface area contributed by atoms with Gasteiger partial charge in [0.05, 0.1) is 5.41 Å². The van der Waals surface area contributed by atoms with Gasteiger partial charge < -0.3 is 5.32 Å². The van der Waals surface area contributed by atoms with Crippen LogP contribution in [0.5, 0.6) is 0 Å². The van der Waals surface area contributed by atoms with Crippen molar-refractivity contribution in [3.63, 3.8) is 0 Å². The van der Waals surface area contributed by atoms with Crippen molar-refractivity contribution in [2.75, 3.05) is 5.88 Å². The van der Waals surface area contributed by atoms with Crippen molar-refractivity contribution in [3.8, 4) is 0 Å². The monoisotopic (exact) mass is 267 g/mol. The van der Waals surface area contributed by atoms with Crippen LogP contribution in [0.1, 0.15) is 39.7 Å². The van der Waals surface area contributed by atoms with Crippen LogP contribution in [0.15, 0.2) is 30.3 Å². The molecule has 0 bridgehead atoms. The Balaban J connectivity index is 2.83. The highest BCUT2D eigenvalue weighted by Gasteiger charge is 2.32. The first-order valence-electron chi connectivity index (χ1n) is 6.24. The molecule has 0 unspecified atom stereocenters. The van der Waals surface area contributed by atoms with Crippen molar-refractivity contribution in [1.82, 2.24) is 5.32 Å². The fraction of sp³-hybridized carbons (Fsp3) is 0.533. The topological polar surface area (TPSA) is 29.1 Å². The summed E-state index contributed by atoms with van der Waals surface area (Å²) in [5.74, 6) is 0.572. The first kappa shape index (κ1) is 15.0. The number of hydrogen-bond acceptors (Lipinski definition) is 1. The van der Waals surface area contributed by atoms with Crippen LogP contribution in [0.3, 0.4) is 0 Å². The van der Waals surface area contributed by atoms with Crippen LogP contribution in [0, 0.1) is 0 Å². The van der Waals surface area contributed by atoms with E-state index in [-0.39, 0.29) is 11.4 Å². The molecule has 0 aliphatic carbocycles. The van der Waals surface area contributed by atoms with Gasteiger partial charge in [-0.15, -0.1) is 11.6 Å². The molecule has 0 aliphatic rings. The van der Waals surface area contributed by atoms with Crippen molar-refractivity contribution >= 4 is 17.5 Å². The third-order valence-electron chi connectivity index (χ3n) is 3.23. The van der Waals surface area contributed by atoms with Crippen molar-refractivity contribution < 1.29 is 4.79 Å². The zero-order valence-electron chi connectivity index (χ0n) is 11.6. The Hall–Kier alpha value is -1.02. The van der Waals surface area contributed by atoms with Crippen LogP contribution < -0.4 is 5.32 Å². The Morgan fingerprint density at radius 1 is 1.17 bits per heavy atom. The van der Waals surface area contributed by atoms with Gasteiger partial charge in [-0.2, -0.15) is 0 Å². The Kier molecular flexibility index (Phi) is 4.80. The van der Waals surface area contributed by atoms with Crippen molar-refractivity contribution in [3.05, 3.63) is 35.9 Å². The van der Waals surface area contributed by atoms with Crippen LogP contribution in [-0.4, -0.2) is 17.3 Å². The maximum Gasteiger partial charge on any atom is 0.230 e. The van der Waals surface area contributed by atoms with Crippen LogP contribution in [0.4, 0.5) is 0 Å². The van der Waals surface area contributed by atoms with E-state index in [1.165, 1.54) is 0 Å². The predicted octanol–water partition coefficient (Wildman–Crippen LogP) is 3.49. The van der Waals surface area contributed by atoms with Gasteiger partial charge in [0.1, 0.15) is 0 Å². The summed E-state index contributed by atoms with van der Waals surface area (Å²) in [6, 6.07) is 9.82. The summed E-state index contributed by atoms with van der Waals surface area (Å²) >= 11 is 5.75. The maximum absolute atomic E-state index is 12.4. The minimum Gasteiger partial charge on any atom is -0.350 e. The lowest BCUT2D eigenvalue weighted by molar-refractivity contribution is -0.127. The fourth-order valence-electron chi connectivity index (χ4n) is 1.75. The minimum atomic E-state index is -0.537. The number of carbonyl (C=O) groups is 1. The van der Waals surface area contributed by atoms with Crippen LogP contribution in [-0.2, 0) is 10.2 Å². The molecule has 1 aromatic rings. The molecular weight excluding hydrogens is 246 g/mol.